The third kappa shape index (κ3) is 58.7. The first-order chi connectivity index (χ1) is 37.1. The van der Waals surface area contributed by atoms with Gasteiger partial charge in [-0.2, -0.15) is 0 Å². The van der Waals surface area contributed by atoms with E-state index in [1.54, 1.807) is 0 Å². The van der Waals surface area contributed by atoms with E-state index < -0.39 is 24.3 Å². The maximum atomic E-state index is 12.9. The molecule has 2 atom stereocenters. The molecule has 9 nitrogen and oxygen atoms in total. The largest absolute Gasteiger partial charge is 0.477 e. The van der Waals surface area contributed by atoms with Gasteiger partial charge in [-0.3, -0.25) is 9.59 Å². The van der Waals surface area contributed by atoms with Crippen molar-refractivity contribution < 1.29 is 42.9 Å². The zero-order chi connectivity index (χ0) is 55.5. The Morgan fingerprint density at radius 2 is 0.750 bits per heavy atom. The first-order valence-corrected chi connectivity index (χ1v) is 32.0. The van der Waals surface area contributed by atoms with Gasteiger partial charge in [-0.05, 0) is 70.6 Å². The number of esters is 2. The van der Waals surface area contributed by atoms with Crippen LogP contribution < -0.4 is 0 Å². The predicted octanol–water partition coefficient (Wildman–Crippen LogP) is 19.2. The molecule has 0 heterocycles. The van der Waals surface area contributed by atoms with Crippen LogP contribution in [0, 0.1) is 0 Å². The van der Waals surface area contributed by atoms with E-state index in [1.807, 2.05) is 21.1 Å². The summed E-state index contributed by atoms with van der Waals surface area (Å²) in [4.78, 5) is 37.3. The maximum Gasteiger partial charge on any atom is 0.361 e. The summed E-state index contributed by atoms with van der Waals surface area (Å²) in [6, 6.07) is 0. The molecule has 1 N–H and O–H groups in total. The van der Waals surface area contributed by atoms with Crippen molar-refractivity contribution in [2.45, 2.75) is 302 Å². The van der Waals surface area contributed by atoms with Crippen molar-refractivity contribution in [1.82, 2.24) is 0 Å². The van der Waals surface area contributed by atoms with Crippen molar-refractivity contribution in [1.29, 1.82) is 0 Å². The Morgan fingerprint density at radius 3 is 1.13 bits per heavy atom. The molecular formula is C67H122NO8+. The van der Waals surface area contributed by atoms with Gasteiger partial charge in [0.1, 0.15) is 13.2 Å². The number of rotatable bonds is 59. The Morgan fingerprint density at radius 1 is 0.408 bits per heavy atom. The second-order valence-electron chi connectivity index (χ2n) is 22.7. The molecule has 0 aromatic carbocycles. The second kappa shape index (κ2) is 58.1. The highest BCUT2D eigenvalue weighted by Crippen LogP contribution is 2.18. The van der Waals surface area contributed by atoms with Gasteiger partial charge in [0.25, 0.3) is 6.29 Å². The summed E-state index contributed by atoms with van der Waals surface area (Å²) >= 11 is 0. The summed E-state index contributed by atoms with van der Waals surface area (Å²) in [7, 11) is 5.97. The van der Waals surface area contributed by atoms with E-state index in [1.165, 1.54) is 173 Å². The van der Waals surface area contributed by atoms with Crippen molar-refractivity contribution in [3.05, 3.63) is 60.8 Å². The van der Waals surface area contributed by atoms with E-state index in [9.17, 15) is 19.5 Å². The third-order valence-corrected chi connectivity index (χ3v) is 14.0. The van der Waals surface area contributed by atoms with Gasteiger partial charge in [0.2, 0.25) is 0 Å². The fourth-order valence-corrected chi connectivity index (χ4v) is 9.13. The van der Waals surface area contributed by atoms with Gasteiger partial charge < -0.3 is 28.5 Å². The van der Waals surface area contributed by atoms with Crippen molar-refractivity contribution in [2.75, 3.05) is 47.5 Å². The van der Waals surface area contributed by atoms with E-state index in [4.69, 9.17) is 18.9 Å². The highest BCUT2D eigenvalue weighted by molar-refractivity contribution is 5.71. The molecule has 0 aromatic heterocycles. The van der Waals surface area contributed by atoms with Gasteiger partial charge in [-0.1, -0.05) is 267 Å². The van der Waals surface area contributed by atoms with Gasteiger partial charge in [0.15, 0.2) is 6.10 Å². The second-order valence-corrected chi connectivity index (χ2v) is 22.7. The Hall–Kier alpha value is -3.01. The lowest BCUT2D eigenvalue weighted by atomic mass is 10.0. The van der Waals surface area contributed by atoms with Gasteiger partial charge in [0.05, 0.1) is 34.4 Å². The number of quaternary nitrogens is 1. The lowest BCUT2D eigenvalue weighted by Gasteiger charge is -2.25. The number of carbonyl (C=O) groups excluding carboxylic acids is 2. The number of aliphatic carboxylic acids is 1. The molecule has 2 unspecified atom stereocenters. The SMILES string of the molecule is CC/C=C\C/C=C\C/C=C\C/C=C\CCCCCCCCCCCCCCCCCCCCCCCCCCCCCCC(=O)OC(COC(=O)CCCCCCC/C=C\CCC)COC(OCC[N+](C)(C)C)C(=O)O. The van der Waals surface area contributed by atoms with Crippen LogP contribution in [-0.4, -0.2) is 87.4 Å². The number of nitrogens with zero attached hydrogens (tertiary/aromatic N) is 1. The van der Waals surface area contributed by atoms with Crippen molar-refractivity contribution in [2.24, 2.45) is 0 Å². The number of allylic oxidation sites excluding steroid dienone is 10. The smallest absolute Gasteiger partial charge is 0.361 e. The normalized spacial score (nSPS) is 13.1. The highest BCUT2D eigenvalue weighted by Gasteiger charge is 2.25. The predicted molar refractivity (Wildman–Crippen MR) is 323 cm³/mol. The van der Waals surface area contributed by atoms with E-state index in [-0.39, 0.29) is 32.2 Å². The zero-order valence-electron chi connectivity index (χ0n) is 50.4. The van der Waals surface area contributed by atoms with Crippen molar-refractivity contribution >= 4 is 17.9 Å². The molecule has 0 saturated carbocycles. The quantitative estimate of drug-likeness (QED) is 0.0211. The summed E-state index contributed by atoms with van der Waals surface area (Å²) < 4.78 is 22.8. The van der Waals surface area contributed by atoms with Crippen LogP contribution in [-0.2, 0) is 33.3 Å². The third-order valence-electron chi connectivity index (χ3n) is 14.0. The van der Waals surface area contributed by atoms with Crippen molar-refractivity contribution in [3.8, 4) is 0 Å². The molecule has 9 heteroatoms. The number of hydrogen-bond donors (Lipinski definition) is 1. The average Bonchev–Trinajstić information content (AvgIpc) is 3.39. The summed E-state index contributed by atoms with van der Waals surface area (Å²) in [6.07, 6.45) is 72.2. The summed E-state index contributed by atoms with van der Waals surface area (Å²) in [5.41, 5.74) is 0. The molecule has 0 rings (SSSR count). The van der Waals surface area contributed by atoms with Crippen LogP contribution in [0.5, 0.6) is 0 Å². The number of carbonyl (C=O) groups is 3. The number of unbranched alkanes of at least 4 members (excludes halogenated alkanes) is 34. The lowest BCUT2D eigenvalue weighted by molar-refractivity contribution is -0.870. The molecule has 0 aliphatic carbocycles. The molecular weight excluding hydrogens is 947 g/mol. The molecule has 0 fully saturated rings. The van der Waals surface area contributed by atoms with E-state index >= 15 is 0 Å². The van der Waals surface area contributed by atoms with Crippen molar-refractivity contribution in [3.63, 3.8) is 0 Å². The highest BCUT2D eigenvalue weighted by atomic mass is 16.7. The van der Waals surface area contributed by atoms with Crippen LogP contribution in [0.2, 0.25) is 0 Å². The van der Waals surface area contributed by atoms with Crippen LogP contribution in [0.4, 0.5) is 0 Å². The van der Waals surface area contributed by atoms with Crippen LogP contribution in [0.25, 0.3) is 0 Å². The van der Waals surface area contributed by atoms with Crippen LogP contribution in [0.15, 0.2) is 60.8 Å². The number of carboxylic acids is 1. The molecule has 0 spiro atoms. The Bertz CT molecular complexity index is 1430. The van der Waals surface area contributed by atoms with Gasteiger partial charge in [0, 0.05) is 12.8 Å². The number of ether oxygens (including phenoxy) is 4. The topological polar surface area (TPSA) is 108 Å². The molecule has 0 aliphatic heterocycles. The van der Waals surface area contributed by atoms with Crippen LogP contribution in [0.3, 0.4) is 0 Å². The van der Waals surface area contributed by atoms with Crippen LogP contribution >= 0.6 is 0 Å². The molecule has 0 aliphatic rings. The summed E-state index contributed by atoms with van der Waals surface area (Å²) in [6.45, 7) is 4.71. The Balaban J connectivity index is 3.84. The van der Waals surface area contributed by atoms with Gasteiger partial charge in [-0.15, -0.1) is 0 Å². The Labute approximate surface area is 469 Å². The Kier molecular flexibility index (Phi) is 55.8. The van der Waals surface area contributed by atoms with Gasteiger partial charge in [-0.25, -0.2) is 4.79 Å². The molecule has 0 bridgehead atoms. The first kappa shape index (κ1) is 73.0. The number of likely N-dealkylation sites (N-methyl/N-ethyl adjacent to an activating group) is 1. The molecule has 0 aromatic rings. The number of hydrogen-bond acceptors (Lipinski definition) is 7. The summed E-state index contributed by atoms with van der Waals surface area (Å²) in [5.74, 6) is -2.01. The minimum Gasteiger partial charge on any atom is -0.477 e. The molecule has 0 saturated heterocycles. The minimum absolute atomic E-state index is 0.183. The fourth-order valence-electron chi connectivity index (χ4n) is 9.13. The monoisotopic (exact) mass is 1070 g/mol. The number of carboxylic acid groups (broad SMARTS) is 1. The first-order valence-electron chi connectivity index (χ1n) is 32.0. The minimum atomic E-state index is -1.51. The van der Waals surface area contributed by atoms with Crippen LogP contribution in [0.1, 0.15) is 290 Å². The van der Waals surface area contributed by atoms with E-state index in [2.05, 4.69) is 74.6 Å². The fraction of sp³-hybridized carbons (Fsp3) is 0.806. The molecule has 442 valence electrons. The van der Waals surface area contributed by atoms with E-state index in [0.29, 0.717) is 17.4 Å². The molecule has 0 radical (unpaired) electrons. The zero-order valence-corrected chi connectivity index (χ0v) is 50.4. The lowest BCUT2D eigenvalue weighted by Crippen LogP contribution is -2.40. The maximum absolute atomic E-state index is 12.9. The average molecular weight is 1070 g/mol. The van der Waals surface area contributed by atoms with E-state index in [0.717, 1.165) is 89.9 Å². The van der Waals surface area contributed by atoms with Gasteiger partial charge >= 0.3 is 17.9 Å². The molecule has 0 amide bonds. The molecule has 76 heavy (non-hydrogen) atoms. The standard InChI is InChI=1S/C67H121NO8/c1-6-8-10-12-14-16-18-19-20-21-22-23-24-25-26-27-28-29-30-31-32-33-34-35-36-37-38-39-40-41-42-43-44-45-46-47-48-50-52-54-56-58-65(70)76-63(62-75-67(66(71)72)73-60-59-68(3,4)5)61-74-64(69)57-55-53-51-49-17-15-13-11-9-7-2/h8,10-11,13-14,16,19-20,22-23,63,67H,6-7,9,12,15,17-18,21,24-62H2,1-5H3/p+1/b10-8-,13-11-,16-14-,20-19-,23-22-. The summed E-state index contributed by atoms with van der Waals surface area (Å²) in [5, 5.41) is 9.68.